The number of benzene rings is 1. The Morgan fingerprint density at radius 1 is 1.07 bits per heavy atom. The number of nitrogens with one attached hydrogen (secondary N) is 1. The van der Waals surface area contributed by atoms with Crippen LogP contribution in [0.3, 0.4) is 0 Å². The topological polar surface area (TPSA) is 24.5 Å². The molecule has 0 spiro atoms. The molecule has 4 atom stereocenters. The third kappa shape index (κ3) is 4.26. The van der Waals surface area contributed by atoms with Gasteiger partial charge in [-0.25, -0.2) is 0 Å². The molecule has 1 aliphatic carbocycles. The summed E-state index contributed by atoms with van der Waals surface area (Å²) in [5.74, 6) is 1.51. The van der Waals surface area contributed by atoms with Gasteiger partial charge >= 0.3 is 0 Å². The van der Waals surface area contributed by atoms with Gasteiger partial charge in [-0.1, -0.05) is 64.2 Å². The van der Waals surface area contributed by atoms with Crippen molar-refractivity contribution in [1.82, 2.24) is 4.90 Å². The van der Waals surface area contributed by atoms with Gasteiger partial charge in [0.25, 0.3) is 0 Å². The fourth-order valence-corrected chi connectivity index (χ4v) is 5.98. The van der Waals surface area contributed by atoms with Gasteiger partial charge in [0, 0.05) is 30.2 Å². The molecule has 28 heavy (non-hydrogen) atoms. The van der Waals surface area contributed by atoms with Gasteiger partial charge in [0.1, 0.15) is 6.23 Å². The Labute approximate surface area is 172 Å². The average Bonchev–Trinajstić information content (AvgIpc) is 3.18. The van der Waals surface area contributed by atoms with Crippen LogP contribution in [0.15, 0.2) is 24.3 Å². The van der Waals surface area contributed by atoms with E-state index in [1.807, 2.05) is 0 Å². The SMILES string of the molecule is CCCC1Nc2ccccc2C2[C@H]1CCN2C(CCC)OCC1CCCCC1. The summed E-state index contributed by atoms with van der Waals surface area (Å²) in [5.41, 5.74) is 2.86. The van der Waals surface area contributed by atoms with E-state index in [0.717, 1.165) is 18.9 Å². The first-order valence-corrected chi connectivity index (χ1v) is 12.0. The summed E-state index contributed by atoms with van der Waals surface area (Å²) in [5, 5.41) is 3.88. The number of fused-ring (bicyclic) bond motifs is 3. The molecule has 1 aromatic rings. The van der Waals surface area contributed by atoms with E-state index in [2.05, 4.69) is 48.3 Å². The van der Waals surface area contributed by atoms with Crippen LogP contribution in [0, 0.1) is 11.8 Å². The molecule has 2 heterocycles. The summed E-state index contributed by atoms with van der Waals surface area (Å²) in [6.45, 7) is 6.77. The molecule has 0 bridgehead atoms. The van der Waals surface area contributed by atoms with Crippen molar-refractivity contribution in [2.24, 2.45) is 11.8 Å². The number of hydrogen-bond donors (Lipinski definition) is 1. The Bertz CT molecular complexity index is 612. The molecule has 3 nitrogen and oxygen atoms in total. The molecule has 3 unspecified atom stereocenters. The van der Waals surface area contributed by atoms with Crippen LogP contribution in [0.1, 0.15) is 89.7 Å². The van der Waals surface area contributed by atoms with E-state index in [4.69, 9.17) is 4.74 Å². The van der Waals surface area contributed by atoms with Crippen LogP contribution >= 0.6 is 0 Å². The lowest BCUT2D eigenvalue weighted by atomic mass is 9.81. The maximum absolute atomic E-state index is 6.67. The van der Waals surface area contributed by atoms with Crippen molar-refractivity contribution in [3.05, 3.63) is 29.8 Å². The molecule has 0 aromatic heterocycles. The lowest BCUT2D eigenvalue weighted by Crippen LogP contribution is -2.44. The van der Waals surface area contributed by atoms with Crippen molar-refractivity contribution in [3.63, 3.8) is 0 Å². The highest BCUT2D eigenvalue weighted by Crippen LogP contribution is 2.48. The summed E-state index contributed by atoms with van der Waals surface area (Å²) in [7, 11) is 0. The fourth-order valence-electron chi connectivity index (χ4n) is 5.98. The molecular formula is C25H40N2O. The highest BCUT2D eigenvalue weighted by molar-refractivity contribution is 5.56. The zero-order chi connectivity index (χ0) is 19.3. The molecule has 1 N–H and O–H groups in total. The quantitative estimate of drug-likeness (QED) is 0.564. The van der Waals surface area contributed by atoms with E-state index >= 15 is 0 Å². The Kier molecular flexibility index (Phi) is 6.95. The van der Waals surface area contributed by atoms with Crippen LogP contribution in [0.5, 0.6) is 0 Å². The lowest BCUT2D eigenvalue weighted by Gasteiger charge is -2.42. The van der Waals surface area contributed by atoms with Gasteiger partial charge < -0.3 is 10.1 Å². The van der Waals surface area contributed by atoms with E-state index in [0.29, 0.717) is 18.0 Å². The van der Waals surface area contributed by atoms with E-state index in [1.54, 1.807) is 0 Å². The van der Waals surface area contributed by atoms with E-state index in [9.17, 15) is 0 Å². The molecular weight excluding hydrogens is 344 g/mol. The second-order valence-electron chi connectivity index (χ2n) is 9.34. The molecule has 3 aliphatic rings. The number of rotatable bonds is 8. The van der Waals surface area contributed by atoms with Crippen LogP contribution < -0.4 is 5.32 Å². The van der Waals surface area contributed by atoms with Gasteiger partial charge in [0.15, 0.2) is 0 Å². The molecule has 1 aromatic carbocycles. The third-order valence-corrected chi connectivity index (χ3v) is 7.37. The van der Waals surface area contributed by atoms with E-state index in [-0.39, 0.29) is 6.23 Å². The number of ether oxygens (including phenoxy) is 1. The first kappa shape index (κ1) is 20.2. The van der Waals surface area contributed by atoms with Gasteiger partial charge in [-0.3, -0.25) is 4.90 Å². The summed E-state index contributed by atoms with van der Waals surface area (Å²) >= 11 is 0. The highest BCUT2D eigenvalue weighted by Gasteiger charge is 2.45. The van der Waals surface area contributed by atoms with Crippen LogP contribution in [-0.4, -0.2) is 30.3 Å². The predicted octanol–water partition coefficient (Wildman–Crippen LogP) is 6.37. The zero-order valence-electron chi connectivity index (χ0n) is 18.0. The molecule has 0 radical (unpaired) electrons. The predicted molar refractivity (Wildman–Crippen MR) is 118 cm³/mol. The fraction of sp³-hybridized carbons (Fsp3) is 0.760. The van der Waals surface area contributed by atoms with E-state index < -0.39 is 0 Å². The summed E-state index contributed by atoms with van der Waals surface area (Å²) in [4.78, 5) is 2.74. The average molecular weight is 385 g/mol. The summed E-state index contributed by atoms with van der Waals surface area (Å²) in [6.07, 6.45) is 13.4. The van der Waals surface area contributed by atoms with Crippen LogP contribution in [-0.2, 0) is 4.74 Å². The third-order valence-electron chi connectivity index (χ3n) is 7.37. The standard InChI is InChI=1S/C25H40N2O/c1-3-10-22-21-16-17-27(25(21)20-14-8-9-15-23(20)26-22)24(11-4-2)28-18-19-12-6-5-7-13-19/h8-9,14-15,19,21-22,24-26H,3-7,10-13,16-18H2,1-2H3/t21-,22?,24?,25?/m0/s1. The maximum atomic E-state index is 6.67. The molecule has 0 amide bonds. The Morgan fingerprint density at radius 2 is 1.89 bits per heavy atom. The number of likely N-dealkylation sites (tertiary alicyclic amines) is 1. The van der Waals surface area contributed by atoms with Crippen molar-refractivity contribution < 1.29 is 4.74 Å². The normalized spacial score (nSPS) is 29.1. The minimum atomic E-state index is 0.287. The molecule has 2 fully saturated rings. The number of para-hydroxylation sites is 1. The van der Waals surface area contributed by atoms with Crippen LogP contribution in [0.2, 0.25) is 0 Å². The molecule has 4 rings (SSSR count). The molecule has 1 saturated heterocycles. The van der Waals surface area contributed by atoms with Crippen molar-refractivity contribution in [2.75, 3.05) is 18.5 Å². The smallest absolute Gasteiger partial charge is 0.111 e. The van der Waals surface area contributed by atoms with E-state index in [1.165, 1.54) is 75.6 Å². The highest BCUT2D eigenvalue weighted by atomic mass is 16.5. The molecule has 3 heteroatoms. The van der Waals surface area contributed by atoms with Gasteiger partial charge in [-0.15, -0.1) is 0 Å². The van der Waals surface area contributed by atoms with Crippen LogP contribution in [0.4, 0.5) is 5.69 Å². The Hall–Kier alpha value is -1.06. The second kappa shape index (κ2) is 9.63. The van der Waals surface area contributed by atoms with Crippen molar-refractivity contribution in [3.8, 4) is 0 Å². The monoisotopic (exact) mass is 384 g/mol. The molecule has 156 valence electrons. The number of hydrogen-bond acceptors (Lipinski definition) is 3. The van der Waals surface area contributed by atoms with Gasteiger partial charge in [0.05, 0.1) is 6.61 Å². The Morgan fingerprint density at radius 3 is 2.68 bits per heavy atom. The Balaban J connectivity index is 1.52. The van der Waals surface area contributed by atoms with Crippen molar-refractivity contribution >= 4 is 5.69 Å². The van der Waals surface area contributed by atoms with Crippen molar-refractivity contribution in [2.45, 2.75) is 96.4 Å². The zero-order valence-corrected chi connectivity index (χ0v) is 18.0. The molecule has 2 aliphatic heterocycles. The van der Waals surface area contributed by atoms with Gasteiger partial charge in [-0.2, -0.15) is 0 Å². The number of anilines is 1. The maximum Gasteiger partial charge on any atom is 0.111 e. The second-order valence-corrected chi connectivity index (χ2v) is 9.34. The summed E-state index contributed by atoms with van der Waals surface area (Å²) < 4.78 is 6.67. The lowest BCUT2D eigenvalue weighted by molar-refractivity contribution is -0.0895. The van der Waals surface area contributed by atoms with Gasteiger partial charge in [0.2, 0.25) is 0 Å². The molecule has 1 saturated carbocycles. The first-order valence-electron chi connectivity index (χ1n) is 12.0. The van der Waals surface area contributed by atoms with Crippen LogP contribution in [0.25, 0.3) is 0 Å². The summed E-state index contributed by atoms with van der Waals surface area (Å²) in [6, 6.07) is 10.2. The number of nitrogens with zero attached hydrogens (tertiary/aromatic N) is 1. The minimum Gasteiger partial charge on any atom is -0.382 e. The minimum absolute atomic E-state index is 0.287. The van der Waals surface area contributed by atoms with Gasteiger partial charge in [-0.05, 0) is 49.7 Å². The largest absolute Gasteiger partial charge is 0.382 e. The van der Waals surface area contributed by atoms with Crippen molar-refractivity contribution in [1.29, 1.82) is 0 Å². The first-order chi connectivity index (χ1) is 13.8.